The van der Waals surface area contributed by atoms with Crippen molar-refractivity contribution in [1.82, 2.24) is 20.4 Å². The highest BCUT2D eigenvalue weighted by Crippen LogP contribution is 2.54. The molecule has 2 aromatic heterocycles. The van der Waals surface area contributed by atoms with E-state index in [0.717, 1.165) is 25.3 Å². The highest BCUT2D eigenvalue weighted by molar-refractivity contribution is 7.90. The third-order valence-electron chi connectivity index (χ3n) is 6.57. The molecule has 0 atom stereocenters. The zero-order chi connectivity index (χ0) is 29.7. The molecule has 0 radical (unpaired) electrons. The highest BCUT2D eigenvalue weighted by atomic mass is 32.2. The van der Waals surface area contributed by atoms with Gasteiger partial charge in [0.05, 0.1) is 10.6 Å². The summed E-state index contributed by atoms with van der Waals surface area (Å²) in [6.45, 7) is 2.31. The largest absolute Gasteiger partial charge is 0.435 e. The molecule has 1 aromatic carbocycles. The van der Waals surface area contributed by atoms with Crippen LogP contribution in [0.5, 0.6) is 11.8 Å². The van der Waals surface area contributed by atoms with Crippen molar-refractivity contribution in [3.8, 4) is 11.8 Å². The normalized spacial score (nSPS) is 15.3. The van der Waals surface area contributed by atoms with Crippen LogP contribution in [0, 0.1) is 13.8 Å². The van der Waals surface area contributed by atoms with Crippen LogP contribution in [0.15, 0.2) is 35.2 Å². The molecule has 0 spiro atoms. The third-order valence-corrected chi connectivity index (χ3v) is 7.68. The molecule has 1 amide bonds. The van der Waals surface area contributed by atoms with Crippen molar-refractivity contribution in [1.29, 1.82) is 0 Å². The van der Waals surface area contributed by atoms with Gasteiger partial charge in [-0.1, -0.05) is 12.5 Å². The molecule has 0 aliphatic heterocycles. The van der Waals surface area contributed by atoms with E-state index >= 15 is 0 Å². The first-order chi connectivity index (χ1) is 18.4. The Morgan fingerprint density at radius 2 is 1.62 bits per heavy atom. The standard InChI is InChI=1S/C24H21F6N5O4S/c1-12-10-16(22(8-5-9-22)24(28,29)30)32-34-20(12)39-21-17(13(2)18(33-35-21)23(25,26)27)19(36)31-14-6-4-7-15(11-14)40(3,37)38/h4,6-7,10-11H,5,8-9H2,1-3H3,(H,31,36). The summed E-state index contributed by atoms with van der Waals surface area (Å²) in [4.78, 5) is 13.0. The van der Waals surface area contributed by atoms with Crippen LogP contribution in [0.2, 0.25) is 0 Å². The summed E-state index contributed by atoms with van der Waals surface area (Å²) >= 11 is 0. The maximum absolute atomic E-state index is 13.7. The lowest BCUT2D eigenvalue weighted by atomic mass is 9.66. The summed E-state index contributed by atoms with van der Waals surface area (Å²) in [6.07, 6.45) is -8.61. The zero-order valence-corrected chi connectivity index (χ0v) is 21.9. The van der Waals surface area contributed by atoms with Crippen LogP contribution in [-0.2, 0) is 21.4 Å². The van der Waals surface area contributed by atoms with Gasteiger partial charge in [-0.2, -0.15) is 31.4 Å². The van der Waals surface area contributed by atoms with Crippen molar-refractivity contribution >= 4 is 21.4 Å². The van der Waals surface area contributed by atoms with E-state index in [4.69, 9.17) is 4.74 Å². The number of hydrogen-bond donors (Lipinski definition) is 1. The van der Waals surface area contributed by atoms with Gasteiger partial charge in [0.25, 0.3) is 11.8 Å². The van der Waals surface area contributed by atoms with Gasteiger partial charge in [0.15, 0.2) is 15.5 Å². The first-order valence-electron chi connectivity index (χ1n) is 11.6. The predicted octanol–water partition coefficient (Wildman–Crippen LogP) is 5.33. The average Bonchev–Trinajstić information content (AvgIpc) is 2.78. The third kappa shape index (κ3) is 5.44. The fraction of sp³-hybridized carbons (Fsp3) is 0.375. The second-order valence-electron chi connectivity index (χ2n) is 9.36. The van der Waals surface area contributed by atoms with Gasteiger partial charge >= 0.3 is 12.4 Å². The molecule has 16 heteroatoms. The monoisotopic (exact) mass is 589 g/mol. The minimum absolute atomic E-state index is 0.0538. The number of hydrogen-bond acceptors (Lipinski definition) is 8. The van der Waals surface area contributed by atoms with Crippen molar-refractivity contribution in [2.75, 3.05) is 11.6 Å². The molecular formula is C24H21F6N5O4S. The number of anilines is 1. The molecule has 1 aliphatic carbocycles. The van der Waals surface area contributed by atoms with Gasteiger partial charge in [-0.05, 0) is 56.5 Å². The number of ether oxygens (including phenoxy) is 1. The van der Waals surface area contributed by atoms with Crippen LogP contribution in [-0.4, -0.2) is 47.2 Å². The van der Waals surface area contributed by atoms with Gasteiger partial charge in [-0.3, -0.25) is 4.79 Å². The molecule has 0 unspecified atom stereocenters. The number of sulfone groups is 1. The first-order valence-corrected chi connectivity index (χ1v) is 13.5. The molecule has 40 heavy (non-hydrogen) atoms. The minimum Gasteiger partial charge on any atom is -0.416 e. The van der Waals surface area contributed by atoms with Crippen LogP contribution in [0.25, 0.3) is 0 Å². The molecular weight excluding hydrogens is 568 g/mol. The summed E-state index contributed by atoms with van der Waals surface area (Å²) in [7, 11) is -3.67. The zero-order valence-electron chi connectivity index (χ0n) is 21.1. The molecule has 0 bridgehead atoms. The van der Waals surface area contributed by atoms with E-state index in [1.807, 2.05) is 0 Å². The number of nitrogens with one attached hydrogen (secondary N) is 1. The number of carbonyl (C=O) groups is 1. The van der Waals surface area contributed by atoms with Gasteiger partial charge in [-0.15, -0.1) is 15.3 Å². The van der Waals surface area contributed by atoms with E-state index in [1.54, 1.807) is 0 Å². The lowest BCUT2D eigenvalue weighted by molar-refractivity contribution is -0.214. The molecule has 9 nitrogen and oxygen atoms in total. The number of halogens is 6. The smallest absolute Gasteiger partial charge is 0.416 e. The Hall–Kier alpha value is -3.82. The van der Waals surface area contributed by atoms with Crippen LogP contribution in [0.4, 0.5) is 32.0 Å². The predicted molar refractivity (Wildman–Crippen MR) is 128 cm³/mol. The highest BCUT2D eigenvalue weighted by Gasteiger charge is 2.60. The summed E-state index contributed by atoms with van der Waals surface area (Å²) < 4.78 is 111. The number of amides is 1. The van der Waals surface area contributed by atoms with Gasteiger partial charge < -0.3 is 10.1 Å². The van der Waals surface area contributed by atoms with Gasteiger partial charge in [0.2, 0.25) is 5.88 Å². The molecule has 214 valence electrons. The van der Waals surface area contributed by atoms with Crippen LogP contribution in [0.3, 0.4) is 0 Å². The Morgan fingerprint density at radius 3 is 2.15 bits per heavy atom. The fourth-order valence-corrected chi connectivity index (χ4v) is 4.89. The molecule has 1 aliphatic rings. The van der Waals surface area contributed by atoms with Crippen LogP contribution < -0.4 is 10.1 Å². The lowest BCUT2D eigenvalue weighted by Crippen LogP contribution is -2.48. The molecule has 1 fully saturated rings. The number of alkyl halides is 6. The van der Waals surface area contributed by atoms with Gasteiger partial charge in [0.1, 0.15) is 11.0 Å². The van der Waals surface area contributed by atoms with Crippen molar-refractivity contribution in [2.45, 2.75) is 55.8 Å². The molecule has 1 N–H and O–H groups in total. The van der Waals surface area contributed by atoms with Gasteiger partial charge in [0, 0.05) is 17.5 Å². The maximum Gasteiger partial charge on any atom is 0.435 e. The molecule has 3 aromatic rings. The van der Waals surface area contributed by atoms with Crippen LogP contribution in [0.1, 0.15) is 52.1 Å². The Balaban J connectivity index is 1.73. The Kier molecular flexibility index (Phi) is 7.28. The van der Waals surface area contributed by atoms with E-state index in [9.17, 15) is 39.6 Å². The molecule has 4 rings (SSSR count). The first kappa shape index (κ1) is 29.2. The quantitative estimate of drug-likeness (QED) is 0.383. The number of carbonyl (C=O) groups excluding carboxylic acids is 1. The molecule has 1 saturated carbocycles. The summed E-state index contributed by atoms with van der Waals surface area (Å²) in [5, 5.41) is 16.2. The fourth-order valence-electron chi connectivity index (χ4n) is 4.22. The number of rotatable bonds is 6. The van der Waals surface area contributed by atoms with Crippen molar-refractivity contribution in [3.63, 3.8) is 0 Å². The second-order valence-corrected chi connectivity index (χ2v) is 11.4. The molecule has 2 heterocycles. The Bertz CT molecular complexity index is 1590. The van der Waals surface area contributed by atoms with Crippen LogP contribution >= 0.6 is 0 Å². The minimum atomic E-state index is -4.99. The maximum atomic E-state index is 13.7. The number of aryl methyl sites for hydroxylation is 1. The van der Waals surface area contributed by atoms with E-state index in [0.29, 0.717) is 6.42 Å². The number of aromatic nitrogens is 4. The van der Waals surface area contributed by atoms with Crippen molar-refractivity contribution < 1.29 is 44.3 Å². The van der Waals surface area contributed by atoms with Crippen molar-refractivity contribution in [2.24, 2.45) is 0 Å². The number of nitrogens with zero attached hydrogens (tertiary/aromatic N) is 4. The summed E-state index contributed by atoms with van der Waals surface area (Å²) in [5.74, 6) is -2.27. The van der Waals surface area contributed by atoms with E-state index in [1.165, 1.54) is 25.1 Å². The molecule has 0 saturated heterocycles. The SMILES string of the molecule is Cc1cc(C2(C(F)(F)F)CCC2)nnc1Oc1nnc(C(F)(F)F)c(C)c1C(=O)Nc1cccc(S(C)(=O)=O)c1. The van der Waals surface area contributed by atoms with E-state index in [2.05, 4.69) is 25.7 Å². The van der Waals surface area contributed by atoms with E-state index < -0.39 is 62.1 Å². The second kappa shape index (κ2) is 9.98. The lowest BCUT2D eigenvalue weighted by Gasteiger charge is -2.42. The number of benzene rings is 1. The average molecular weight is 590 g/mol. The summed E-state index contributed by atoms with van der Waals surface area (Å²) in [5.41, 5.74) is -5.32. The van der Waals surface area contributed by atoms with E-state index in [-0.39, 0.29) is 34.7 Å². The summed E-state index contributed by atoms with van der Waals surface area (Å²) in [6, 6.07) is 6.12. The Morgan fingerprint density at radius 1 is 0.975 bits per heavy atom. The Labute approximate surface area is 223 Å². The van der Waals surface area contributed by atoms with Crippen molar-refractivity contribution in [3.05, 3.63) is 58.4 Å². The topological polar surface area (TPSA) is 124 Å². The van der Waals surface area contributed by atoms with Gasteiger partial charge in [-0.25, -0.2) is 8.42 Å².